The van der Waals surface area contributed by atoms with Crippen LogP contribution >= 0.6 is 23.2 Å². The van der Waals surface area contributed by atoms with E-state index >= 15 is 0 Å². The number of carbonyl (C=O) groups is 1. The maximum Gasteiger partial charge on any atom is 0.573 e. The molecule has 0 atom stereocenters. The third kappa shape index (κ3) is 5.73. The zero-order valence-corrected chi connectivity index (χ0v) is 23.7. The molecule has 4 aromatic carbocycles. The van der Waals surface area contributed by atoms with Crippen LogP contribution in [0.5, 0.6) is 5.75 Å². The molecule has 5 rings (SSSR count). The van der Waals surface area contributed by atoms with Crippen LogP contribution in [0.3, 0.4) is 0 Å². The van der Waals surface area contributed by atoms with E-state index in [2.05, 4.69) is 14.4 Å². The minimum Gasteiger partial charge on any atom is -0.406 e. The number of carbonyl (C=O) groups excluding carboxylic acids is 1. The molecule has 0 radical (unpaired) electrons. The van der Waals surface area contributed by atoms with Crippen molar-refractivity contribution < 1.29 is 31.1 Å². The number of alkyl halides is 3. The number of para-hydroxylation sites is 2. The lowest BCUT2D eigenvalue weighted by atomic mass is 10.00. The monoisotopic (exact) mass is 634 g/mol. The fraction of sp³-hybridized carbons (Fsp3) is 0.0714. The maximum atomic E-state index is 13.6. The number of aryl methyl sites for hydroxylation is 1. The molecule has 216 valence electrons. The van der Waals surface area contributed by atoms with E-state index in [0.29, 0.717) is 21.9 Å². The van der Waals surface area contributed by atoms with Crippen LogP contribution in [-0.2, 0) is 17.1 Å². The van der Waals surface area contributed by atoms with Crippen molar-refractivity contribution >= 4 is 55.9 Å². The molecule has 0 bridgehead atoms. The summed E-state index contributed by atoms with van der Waals surface area (Å²) in [5.41, 5.74) is 7.56. The van der Waals surface area contributed by atoms with E-state index in [1.165, 1.54) is 12.1 Å². The standard InChI is InChI=1S/C28H19Cl2F3N4O4S/c1-37-22-5-3-2-4-21(22)35-27(37)19-14-15(6-12-20(19)29)24-23(13-11-18(25(24)30)26(34)38)42(39,40)36-16-7-9-17(10-8-16)41-28(31,32)33/h2-14,36H,1H3,(H2,34,38). The number of nitrogens with zero attached hydrogens (tertiary/aromatic N) is 2. The third-order valence-corrected chi connectivity index (χ3v) is 8.43. The van der Waals surface area contributed by atoms with Crippen molar-refractivity contribution in [3.05, 3.63) is 94.5 Å². The average molecular weight is 635 g/mol. The van der Waals surface area contributed by atoms with E-state index in [9.17, 15) is 26.4 Å². The van der Waals surface area contributed by atoms with Gasteiger partial charge in [0.1, 0.15) is 11.6 Å². The second-order valence-corrected chi connectivity index (χ2v) is 11.5. The summed E-state index contributed by atoms with van der Waals surface area (Å²) < 4.78 is 72.7. The Labute approximate surface area is 247 Å². The highest BCUT2D eigenvalue weighted by molar-refractivity contribution is 7.92. The van der Waals surface area contributed by atoms with Crippen LogP contribution in [0.1, 0.15) is 10.4 Å². The Morgan fingerprint density at radius 2 is 1.69 bits per heavy atom. The number of fused-ring (bicyclic) bond motifs is 1. The number of primary amides is 1. The molecule has 8 nitrogen and oxygen atoms in total. The molecule has 1 amide bonds. The molecule has 5 aromatic rings. The summed E-state index contributed by atoms with van der Waals surface area (Å²) in [6.45, 7) is 0. The number of rotatable bonds is 7. The zero-order valence-electron chi connectivity index (χ0n) is 21.4. The van der Waals surface area contributed by atoms with Gasteiger partial charge in [-0.15, -0.1) is 13.2 Å². The summed E-state index contributed by atoms with van der Waals surface area (Å²) in [6, 6.07) is 18.5. The SMILES string of the molecule is Cn1c(-c2cc(-c3c(S(=O)(=O)Nc4ccc(OC(F)(F)F)cc4)ccc(C(N)=O)c3Cl)ccc2Cl)nc2ccccc21. The Morgan fingerprint density at radius 1 is 1.00 bits per heavy atom. The maximum absolute atomic E-state index is 13.6. The summed E-state index contributed by atoms with van der Waals surface area (Å²) in [5, 5.41) is 0.0978. The Morgan fingerprint density at radius 3 is 2.33 bits per heavy atom. The van der Waals surface area contributed by atoms with Crippen LogP contribution in [0, 0.1) is 0 Å². The molecule has 14 heteroatoms. The highest BCUT2D eigenvalue weighted by atomic mass is 35.5. The van der Waals surface area contributed by atoms with Crippen molar-refractivity contribution in [3.8, 4) is 28.3 Å². The summed E-state index contributed by atoms with van der Waals surface area (Å²) in [4.78, 5) is 16.5. The zero-order chi connectivity index (χ0) is 30.4. The summed E-state index contributed by atoms with van der Waals surface area (Å²) in [5.74, 6) is -0.924. The van der Waals surface area contributed by atoms with E-state index in [-0.39, 0.29) is 32.3 Å². The van der Waals surface area contributed by atoms with Gasteiger partial charge in [0.05, 0.1) is 31.5 Å². The second-order valence-electron chi connectivity index (χ2n) is 9.02. The van der Waals surface area contributed by atoms with Gasteiger partial charge in [-0.1, -0.05) is 41.4 Å². The van der Waals surface area contributed by atoms with Gasteiger partial charge in [-0.3, -0.25) is 9.52 Å². The first-order chi connectivity index (χ1) is 19.7. The van der Waals surface area contributed by atoms with Gasteiger partial charge in [0.2, 0.25) is 5.91 Å². The van der Waals surface area contributed by atoms with Gasteiger partial charge in [-0.05, 0) is 66.2 Å². The van der Waals surface area contributed by atoms with Crippen LogP contribution < -0.4 is 15.2 Å². The van der Waals surface area contributed by atoms with Crippen molar-refractivity contribution in [3.63, 3.8) is 0 Å². The van der Waals surface area contributed by atoms with Crippen molar-refractivity contribution in [1.29, 1.82) is 0 Å². The molecule has 42 heavy (non-hydrogen) atoms. The summed E-state index contributed by atoms with van der Waals surface area (Å²) >= 11 is 13.2. The van der Waals surface area contributed by atoms with E-state index in [0.717, 1.165) is 35.8 Å². The lowest BCUT2D eigenvalue weighted by Crippen LogP contribution is -2.18. The number of nitrogens with one attached hydrogen (secondary N) is 1. The Bertz CT molecular complexity index is 1960. The summed E-state index contributed by atoms with van der Waals surface area (Å²) in [6.07, 6.45) is -4.91. The van der Waals surface area contributed by atoms with Gasteiger partial charge in [-0.25, -0.2) is 13.4 Å². The molecule has 0 saturated carbocycles. The predicted octanol–water partition coefficient (Wildman–Crippen LogP) is 7.01. The molecule has 0 aliphatic heterocycles. The number of hydrogen-bond donors (Lipinski definition) is 2. The van der Waals surface area contributed by atoms with E-state index in [1.807, 2.05) is 28.8 Å². The molecule has 3 N–H and O–H groups in total. The number of benzene rings is 4. The predicted molar refractivity (Wildman–Crippen MR) is 154 cm³/mol. The molecule has 1 heterocycles. The second kappa shape index (κ2) is 10.9. The van der Waals surface area contributed by atoms with Crippen molar-refractivity contribution in [2.75, 3.05) is 4.72 Å². The number of imidazole rings is 1. The van der Waals surface area contributed by atoms with Crippen LogP contribution in [0.4, 0.5) is 18.9 Å². The molecular weight excluding hydrogens is 616 g/mol. The van der Waals surface area contributed by atoms with Crippen LogP contribution in [-0.4, -0.2) is 30.2 Å². The first-order valence-corrected chi connectivity index (χ1v) is 14.2. The molecule has 0 saturated heterocycles. The van der Waals surface area contributed by atoms with E-state index in [4.69, 9.17) is 28.9 Å². The quantitative estimate of drug-likeness (QED) is 0.200. The lowest BCUT2D eigenvalue weighted by molar-refractivity contribution is -0.274. The van der Waals surface area contributed by atoms with Crippen LogP contribution in [0.25, 0.3) is 33.5 Å². The van der Waals surface area contributed by atoms with Crippen molar-refractivity contribution in [1.82, 2.24) is 9.55 Å². The van der Waals surface area contributed by atoms with Crippen molar-refractivity contribution in [2.24, 2.45) is 12.8 Å². The van der Waals surface area contributed by atoms with E-state index < -0.39 is 28.0 Å². The normalized spacial score (nSPS) is 12.0. The van der Waals surface area contributed by atoms with Gasteiger partial charge in [0.15, 0.2) is 0 Å². The molecular formula is C28H19Cl2F3N4O4S. The smallest absolute Gasteiger partial charge is 0.406 e. The number of anilines is 1. The van der Waals surface area contributed by atoms with Gasteiger partial charge in [0, 0.05) is 23.9 Å². The highest BCUT2D eigenvalue weighted by Gasteiger charge is 2.31. The number of hydrogen-bond acceptors (Lipinski definition) is 5. The molecule has 0 aliphatic rings. The lowest BCUT2D eigenvalue weighted by Gasteiger charge is -2.17. The Kier molecular flexibility index (Phi) is 7.56. The van der Waals surface area contributed by atoms with Gasteiger partial charge < -0.3 is 15.0 Å². The number of halogens is 5. The third-order valence-electron chi connectivity index (χ3n) is 6.28. The van der Waals surface area contributed by atoms with Crippen LogP contribution in [0.15, 0.2) is 83.8 Å². The number of ether oxygens (including phenoxy) is 1. The molecule has 1 aromatic heterocycles. The van der Waals surface area contributed by atoms with Crippen LogP contribution in [0.2, 0.25) is 10.0 Å². The minimum atomic E-state index is -4.91. The topological polar surface area (TPSA) is 116 Å². The molecule has 0 unspecified atom stereocenters. The van der Waals surface area contributed by atoms with Gasteiger partial charge in [0.25, 0.3) is 10.0 Å². The minimum absolute atomic E-state index is 0.0471. The number of nitrogens with two attached hydrogens (primary N) is 1. The first kappa shape index (κ1) is 29.2. The fourth-order valence-corrected chi connectivity index (χ4v) is 6.33. The largest absolute Gasteiger partial charge is 0.573 e. The number of amides is 1. The number of sulfonamides is 1. The van der Waals surface area contributed by atoms with Crippen molar-refractivity contribution in [2.45, 2.75) is 11.3 Å². The highest BCUT2D eigenvalue weighted by Crippen LogP contribution is 2.41. The Balaban J connectivity index is 1.63. The molecule has 0 aliphatic carbocycles. The van der Waals surface area contributed by atoms with E-state index in [1.54, 1.807) is 19.2 Å². The van der Waals surface area contributed by atoms with Gasteiger partial charge >= 0.3 is 6.36 Å². The first-order valence-electron chi connectivity index (χ1n) is 12.0. The Hall–Kier alpha value is -4.26. The average Bonchev–Trinajstić information content (AvgIpc) is 3.25. The molecule has 0 fully saturated rings. The fourth-order valence-electron chi connectivity index (χ4n) is 4.41. The molecule has 0 spiro atoms. The number of aromatic nitrogens is 2. The summed E-state index contributed by atoms with van der Waals surface area (Å²) in [7, 11) is -2.62. The van der Waals surface area contributed by atoms with Gasteiger partial charge in [-0.2, -0.15) is 0 Å².